The summed E-state index contributed by atoms with van der Waals surface area (Å²) in [7, 11) is 1.94. The summed E-state index contributed by atoms with van der Waals surface area (Å²) in [6, 6.07) is 0. The average Bonchev–Trinajstić information content (AvgIpc) is 2.86. The van der Waals surface area contributed by atoms with Gasteiger partial charge in [-0.05, 0) is 6.92 Å². The van der Waals surface area contributed by atoms with Crippen molar-refractivity contribution in [1.29, 1.82) is 0 Å². The maximum atomic E-state index is 4.30. The van der Waals surface area contributed by atoms with E-state index in [1.54, 1.807) is 10.9 Å². The SMILES string of the molecule is C=Cn1cc(CNCc2cn(C)nc2C)cn1. The summed E-state index contributed by atoms with van der Waals surface area (Å²) >= 11 is 0. The molecule has 0 radical (unpaired) electrons. The van der Waals surface area contributed by atoms with Gasteiger partial charge < -0.3 is 5.32 Å². The minimum absolute atomic E-state index is 0.794. The molecule has 2 heterocycles. The summed E-state index contributed by atoms with van der Waals surface area (Å²) in [5.74, 6) is 0. The summed E-state index contributed by atoms with van der Waals surface area (Å²) in [5, 5.41) is 11.8. The summed E-state index contributed by atoms with van der Waals surface area (Å²) < 4.78 is 3.54. The highest BCUT2D eigenvalue weighted by Crippen LogP contribution is 2.04. The molecule has 0 aliphatic heterocycles. The Morgan fingerprint density at radius 2 is 2.24 bits per heavy atom. The van der Waals surface area contributed by atoms with Gasteiger partial charge in [0.25, 0.3) is 0 Å². The largest absolute Gasteiger partial charge is 0.308 e. The molecule has 2 rings (SSSR count). The first-order valence-corrected chi connectivity index (χ1v) is 5.54. The average molecular weight is 231 g/mol. The summed E-state index contributed by atoms with van der Waals surface area (Å²) in [4.78, 5) is 0. The molecule has 90 valence electrons. The third kappa shape index (κ3) is 2.82. The number of hydrogen-bond donors (Lipinski definition) is 1. The number of nitrogens with zero attached hydrogens (tertiary/aromatic N) is 4. The molecule has 0 spiro atoms. The van der Waals surface area contributed by atoms with Crippen molar-refractivity contribution in [2.45, 2.75) is 20.0 Å². The van der Waals surface area contributed by atoms with Crippen molar-refractivity contribution in [3.8, 4) is 0 Å². The van der Waals surface area contributed by atoms with E-state index in [1.165, 1.54) is 5.56 Å². The van der Waals surface area contributed by atoms with Gasteiger partial charge in [0.15, 0.2) is 0 Å². The van der Waals surface area contributed by atoms with Crippen LogP contribution in [0.4, 0.5) is 0 Å². The molecular formula is C12H17N5. The van der Waals surface area contributed by atoms with Crippen LogP contribution in [0.3, 0.4) is 0 Å². The Morgan fingerprint density at radius 3 is 2.82 bits per heavy atom. The molecule has 0 amide bonds. The molecule has 5 heteroatoms. The Morgan fingerprint density at radius 1 is 1.41 bits per heavy atom. The molecule has 17 heavy (non-hydrogen) atoms. The van der Waals surface area contributed by atoms with Crippen LogP contribution in [0.1, 0.15) is 16.8 Å². The molecule has 0 saturated heterocycles. The zero-order chi connectivity index (χ0) is 12.3. The molecule has 0 aliphatic rings. The van der Waals surface area contributed by atoms with Crippen molar-refractivity contribution < 1.29 is 0 Å². The van der Waals surface area contributed by atoms with Gasteiger partial charge in [0.05, 0.1) is 11.9 Å². The fraction of sp³-hybridized carbons (Fsp3) is 0.333. The van der Waals surface area contributed by atoms with E-state index in [1.807, 2.05) is 37.2 Å². The van der Waals surface area contributed by atoms with Crippen LogP contribution in [-0.4, -0.2) is 19.6 Å². The monoisotopic (exact) mass is 231 g/mol. The Kier molecular flexibility index (Phi) is 3.39. The fourth-order valence-electron chi connectivity index (χ4n) is 1.73. The lowest BCUT2D eigenvalue weighted by atomic mass is 10.2. The number of hydrogen-bond acceptors (Lipinski definition) is 3. The van der Waals surface area contributed by atoms with Gasteiger partial charge in [-0.2, -0.15) is 10.2 Å². The third-order valence-electron chi connectivity index (χ3n) is 2.60. The lowest BCUT2D eigenvalue weighted by Gasteiger charge is -2.01. The van der Waals surface area contributed by atoms with Gasteiger partial charge in [0, 0.05) is 49.9 Å². The first-order valence-electron chi connectivity index (χ1n) is 5.54. The Balaban J connectivity index is 1.87. The summed E-state index contributed by atoms with van der Waals surface area (Å²) in [6.45, 7) is 7.29. The Labute approximate surface area is 101 Å². The third-order valence-corrected chi connectivity index (χ3v) is 2.60. The van der Waals surface area contributed by atoms with Gasteiger partial charge in [-0.15, -0.1) is 0 Å². The van der Waals surface area contributed by atoms with Gasteiger partial charge in [-0.3, -0.25) is 4.68 Å². The lowest BCUT2D eigenvalue weighted by Crippen LogP contribution is -2.12. The van der Waals surface area contributed by atoms with E-state index in [4.69, 9.17) is 0 Å². The maximum Gasteiger partial charge on any atom is 0.0638 e. The topological polar surface area (TPSA) is 47.7 Å². The molecule has 1 N–H and O–H groups in total. The van der Waals surface area contributed by atoms with Crippen LogP contribution in [0, 0.1) is 6.92 Å². The normalized spacial score (nSPS) is 10.7. The maximum absolute atomic E-state index is 4.30. The quantitative estimate of drug-likeness (QED) is 0.844. The highest BCUT2D eigenvalue weighted by atomic mass is 15.3. The van der Waals surface area contributed by atoms with E-state index in [0.717, 1.165) is 24.3 Å². The standard InChI is InChI=1S/C12H17N5/c1-4-17-8-11(6-14-17)5-13-7-12-9-16(3)15-10(12)2/h4,6,8-9,13H,1,5,7H2,2-3H3. The van der Waals surface area contributed by atoms with Crippen LogP contribution in [0.15, 0.2) is 25.2 Å². The molecular weight excluding hydrogens is 214 g/mol. The van der Waals surface area contributed by atoms with Crippen LogP contribution >= 0.6 is 0 Å². The van der Waals surface area contributed by atoms with Gasteiger partial charge >= 0.3 is 0 Å². The Bertz CT molecular complexity index is 509. The van der Waals surface area contributed by atoms with Crippen molar-refractivity contribution in [3.63, 3.8) is 0 Å². The molecule has 2 aromatic heterocycles. The first kappa shape index (κ1) is 11.6. The van der Waals surface area contributed by atoms with E-state index >= 15 is 0 Å². The summed E-state index contributed by atoms with van der Waals surface area (Å²) in [6.07, 6.45) is 7.51. The zero-order valence-electron chi connectivity index (χ0n) is 10.2. The lowest BCUT2D eigenvalue weighted by molar-refractivity contribution is 0.690. The predicted octanol–water partition coefficient (Wildman–Crippen LogP) is 1.32. The van der Waals surface area contributed by atoms with E-state index < -0.39 is 0 Å². The molecule has 0 unspecified atom stereocenters. The Hall–Kier alpha value is -1.88. The first-order chi connectivity index (χ1) is 8.19. The fourth-order valence-corrected chi connectivity index (χ4v) is 1.73. The minimum atomic E-state index is 0.794. The van der Waals surface area contributed by atoms with Crippen LogP contribution < -0.4 is 5.32 Å². The van der Waals surface area contributed by atoms with Crippen LogP contribution in [0.25, 0.3) is 6.20 Å². The molecule has 0 atom stereocenters. The second kappa shape index (κ2) is 4.97. The van der Waals surface area contributed by atoms with Gasteiger partial charge in [-0.1, -0.05) is 6.58 Å². The van der Waals surface area contributed by atoms with Crippen molar-refractivity contribution in [2.24, 2.45) is 7.05 Å². The number of rotatable bonds is 5. The van der Waals surface area contributed by atoms with E-state index in [2.05, 4.69) is 22.1 Å². The molecule has 0 bridgehead atoms. The highest BCUT2D eigenvalue weighted by molar-refractivity contribution is 5.18. The highest BCUT2D eigenvalue weighted by Gasteiger charge is 2.02. The minimum Gasteiger partial charge on any atom is -0.308 e. The van der Waals surface area contributed by atoms with Gasteiger partial charge in [-0.25, -0.2) is 4.68 Å². The van der Waals surface area contributed by atoms with Crippen LogP contribution in [-0.2, 0) is 20.1 Å². The molecule has 5 nitrogen and oxygen atoms in total. The predicted molar refractivity (Wildman–Crippen MR) is 67.1 cm³/mol. The smallest absolute Gasteiger partial charge is 0.0638 e. The van der Waals surface area contributed by atoms with E-state index in [9.17, 15) is 0 Å². The summed E-state index contributed by atoms with van der Waals surface area (Å²) in [5.41, 5.74) is 3.44. The molecule has 2 aromatic rings. The van der Waals surface area contributed by atoms with Crippen molar-refractivity contribution in [3.05, 3.63) is 42.0 Å². The molecule has 0 saturated carbocycles. The van der Waals surface area contributed by atoms with Crippen molar-refractivity contribution in [1.82, 2.24) is 24.9 Å². The second-order valence-electron chi connectivity index (χ2n) is 4.03. The van der Waals surface area contributed by atoms with Crippen molar-refractivity contribution in [2.75, 3.05) is 0 Å². The van der Waals surface area contributed by atoms with Gasteiger partial charge in [0.1, 0.15) is 0 Å². The molecule has 0 aliphatic carbocycles. The number of aromatic nitrogens is 4. The van der Waals surface area contributed by atoms with Crippen LogP contribution in [0.2, 0.25) is 0 Å². The molecule has 0 fully saturated rings. The van der Waals surface area contributed by atoms with E-state index in [0.29, 0.717) is 0 Å². The van der Waals surface area contributed by atoms with E-state index in [-0.39, 0.29) is 0 Å². The molecule has 0 aromatic carbocycles. The zero-order valence-corrected chi connectivity index (χ0v) is 10.2. The second-order valence-corrected chi connectivity index (χ2v) is 4.03. The number of aryl methyl sites for hydroxylation is 2. The number of nitrogens with one attached hydrogen (secondary N) is 1. The van der Waals surface area contributed by atoms with Gasteiger partial charge in [0.2, 0.25) is 0 Å². The van der Waals surface area contributed by atoms with Crippen molar-refractivity contribution >= 4 is 6.20 Å². The van der Waals surface area contributed by atoms with Crippen LogP contribution in [0.5, 0.6) is 0 Å².